The normalized spacial score (nSPS) is 12.9. The van der Waals surface area contributed by atoms with Crippen molar-refractivity contribution in [2.24, 2.45) is 10.8 Å². The molecule has 0 heterocycles. The molecule has 0 radical (unpaired) electrons. The van der Waals surface area contributed by atoms with Gasteiger partial charge in [-0.05, 0) is 24.6 Å². The van der Waals surface area contributed by atoms with Crippen LogP contribution < -0.4 is 16.0 Å². The van der Waals surface area contributed by atoms with Gasteiger partial charge in [0, 0.05) is 20.7 Å². The summed E-state index contributed by atoms with van der Waals surface area (Å²) in [4.78, 5) is 6.42. The summed E-state index contributed by atoms with van der Waals surface area (Å²) in [5.41, 5.74) is 3.78. The summed E-state index contributed by atoms with van der Waals surface area (Å²) < 4.78 is 10.2. The van der Waals surface area contributed by atoms with Crippen LogP contribution in [0.2, 0.25) is 0 Å². The van der Waals surface area contributed by atoms with Crippen LogP contribution >= 0.6 is 0 Å². The van der Waals surface area contributed by atoms with Crippen LogP contribution in [0.25, 0.3) is 0 Å². The molecule has 1 atom stereocenters. The molecule has 3 N–H and O–H groups in total. The summed E-state index contributed by atoms with van der Waals surface area (Å²) in [5, 5.41) is 0. The Morgan fingerprint density at radius 3 is 2.50 bits per heavy atom. The smallest absolute Gasteiger partial charge is 0.208 e. The van der Waals surface area contributed by atoms with Gasteiger partial charge in [-0.25, -0.2) is 10.8 Å². The predicted molar refractivity (Wildman–Crippen MR) is 80.6 cm³/mol. The zero-order chi connectivity index (χ0) is 15.0. The van der Waals surface area contributed by atoms with Gasteiger partial charge in [-0.3, -0.25) is 5.43 Å². The van der Waals surface area contributed by atoms with Crippen molar-refractivity contribution in [2.75, 3.05) is 27.9 Å². The molecule has 0 bridgehead atoms. The Hall–Kier alpha value is -1.79. The molecule has 0 spiro atoms. The summed E-state index contributed by atoms with van der Waals surface area (Å²) in [6.45, 7) is 3.23. The van der Waals surface area contributed by atoms with Gasteiger partial charge in [-0.1, -0.05) is 12.1 Å². The molecule has 0 aliphatic rings. The van der Waals surface area contributed by atoms with Gasteiger partial charge in [-0.15, -0.1) is 0 Å². The fraction of sp³-hybridized carbons (Fsp3) is 0.500. The highest BCUT2D eigenvalue weighted by atomic mass is 16.5. The summed E-state index contributed by atoms with van der Waals surface area (Å²) in [7, 11) is 5.24. The number of nitrogens with two attached hydrogens (primary N) is 1. The number of hydrazine groups is 1. The second-order valence-electron chi connectivity index (χ2n) is 4.61. The average Bonchev–Trinajstić information content (AvgIpc) is 2.45. The van der Waals surface area contributed by atoms with E-state index in [0.717, 1.165) is 11.3 Å². The van der Waals surface area contributed by atoms with Crippen LogP contribution in [0.4, 0.5) is 0 Å². The third-order valence-corrected chi connectivity index (χ3v) is 2.82. The lowest BCUT2D eigenvalue weighted by molar-refractivity contribution is 0.185. The first kappa shape index (κ1) is 16.3. The van der Waals surface area contributed by atoms with E-state index in [9.17, 15) is 0 Å². The fourth-order valence-electron chi connectivity index (χ4n) is 1.81. The molecule has 0 aliphatic heterocycles. The lowest BCUT2D eigenvalue weighted by Crippen LogP contribution is -2.43. The second kappa shape index (κ2) is 8.39. The maximum absolute atomic E-state index is 5.53. The number of nitrogens with one attached hydrogen (secondary N) is 1. The minimum Gasteiger partial charge on any atom is -0.497 e. The Morgan fingerprint density at radius 1 is 1.35 bits per heavy atom. The Balaban J connectivity index is 2.68. The van der Waals surface area contributed by atoms with Gasteiger partial charge in [0.15, 0.2) is 0 Å². The van der Waals surface area contributed by atoms with Gasteiger partial charge in [0.1, 0.15) is 5.75 Å². The zero-order valence-electron chi connectivity index (χ0n) is 12.6. The van der Waals surface area contributed by atoms with Crippen molar-refractivity contribution in [3.05, 3.63) is 29.8 Å². The number of aliphatic imine (C=N–C) groups is 1. The van der Waals surface area contributed by atoms with Crippen molar-refractivity contribution in [1.82, 2.24) is 10.3 Å². The van der Waals surface area contributed by atoms with Crippen molar-refractivity contribution >= 4 is 5.96 Å². The number of hydrogen-bond donors (Lipinski definition) is 2. The Labute approximate surface area is 120 Å². The average molecular weight is 280 g/mol. The second-order valence-corrected chi connectivity index (χ2v) is 4.61. The van der Waals surface area contributed by atoms with Gasteiger partial charge in [0.2, 0.25) is 5.96 Å². The van der Waals surface area contributed by atoms with Crippen LogP contribution in [0.5, 0.6) is 5.75 Å². The molecule has 1 rings (SSSR count). The third-order valence-electron chi connectivity index (χ3n) is 2.82. The number of nitrogens with zero attached hydrogens (tertiary/aromatic N) is 2. The van der Waals surface area contributed by atoms with E-state index in [1.54, 1.807) is 14.2 Å². The van der Waals surface area contributed by atoms with Crippen LogP contribution in [0.1, 0.15) is 12.5 Å². The molecule has 6 nitrogen and oxygen atoms in total. The van der Waals surface area contributed by atoms with Gasteiger partial charge in [0.05, 0.1) is 19.8 Å². The molecule has 20 heavy (non-hydrogen) atoms. The van der Waals surface area contributed by atoms with Crippen molar-refractivity contribution in [2.45, 2.75) is 19.5 Å². The van der Waals surface area contributed by atoms with Crippen molar-refractivity contribution in [1.29, 1.82) is 0 Å². The van der Waals surface area contributed by atoms with Gasteiger partial charge in [-0.2, -0.15) is 0 Å². The van der Waals surface area contributed by atoms with Crippen molar-refractivity contribution in [3.63, 3.8) is 0 Å². The molecular formula is C14H24N4O2. The number of ether oxygens (including phenoxy) is 2. The van der Waals surface area contributed by atoms with Crippen LogP contribution in [0, 0.1) is 0 Å². The highest BCUT2D eigenvalue weighted by Crippen LogP contribution is 2.12. The maximum atomic E-state index is 5.53. The lowest BCUT2D eigenvalue weighted by Gasteiger charge is -2.22. The monoisotopic (exact) mass is 280 g/mol. The largest absolute Gasteiger partial charge is 0.497 e. The summed E-state index contributed by atoms with van der Waals surface area (Å²) >= 11 is 0. The highest BCUT2D eigenvalue weighted by Gasteiger charge is 2.08. The first-order valence-electron chi connectivity index (χ1n) is 6.48. The molecule has 0 aromatic heterocycles. The first-order valence-corrected chi connectivity index (χ1v) is 6.48. The predicted octanol–water partition coefficient (Wildman–Crippen LogP) is 0.981. The summed E-state index contributed by atoms with van der Waals surface area (Å²) in [6.07, 6.45) is 0. The molecule has 1 unspecified atom stereocenters. The molecule has 0 saturated carbocycles. The van der Waals surface area contributed by atoms with Crippen LogP contribution in [-0.4, -0.2) is 44.8 Å². The maximum Gasteiger partial charge on any atom is 0.208 e. The van der Waals surface area contributed by atoms with E-state index in [2.05, 4.69) is 10.4 Å². The molecule has 6 heteroatoms. The Morgan fingerprint density at radius 2 is 2.00 bits per heavy atom. The molecule has 1 aromatic carbocycles. The van der Waals surface area contributed by atoms with Crippen molar-refractivity contribution in [3.8, 4) is 5.75 Å². The van der Waals surface area contributed by atoms with E-state index in [1.165, 1.54) is 0 Å². The van der Waals surface area contributed by atoms with E-state index in [4.69, 9.17) is 15.3 Å². The molecule has 0 amide bonds. The molecular weight excluding hydrogens is 256 g/mol. The standard InChI is InChI=1S/C14H24N4O2/c1-11(10-19-3)16-14(17-15)18(2)9-12-5-7-13(20-4)8-6-12/h5-8,11H,9-10,15H2,1-4H3,(H,16,17). The van der Waals surface area contributed by atoms with E-state index in [1.807, 2.05) is 43.1 Å². The topological polar surface area (TPSA) is 72.1 Å². The molecule has 0 aliphatic carbocycles. The van der Waals surface area contributed by atoms with Crippen molar-refractivity contribution < 1.29 is 9.47 Å². The fourth-order valence-corrected chi connectivity index (χ4v) is 1.81. The lowest BCUT2D eigenvalue weighted by atomic mass is 10.2. The summed E-state index contributed by atoms with van der Waals surface area (Å²) in [6, 6.07) is 7.95. The number of benzene rings is 1. The highest BCUT2D eigenvalue weighted by molar-refractivity contribution is 5.79. The van der Waals surface area contributed by atoms with E-state index >= 15 is 0 Å². The van der Waals surface area contributed by atoms with Crippen LogP contribution in [0.3, 0.4) is 0 Å². The van der Waals surface area contributed by atoms with Gasteiger partial charge in [0.25, 0.3) is 0 Å². The minimum atomic E-state index is 0.0457. The Bertz CT molecular complexity index is 420. The SMILES string of the molecule is COCC(C)N=C(NN)N(C)Cc1ccc(OC)cc1. The number of methoxy groups -OCH3 is 2. The van der Waals surface area contributed by atoms with E-state index in [-0.39, 0.29) is 6.04 Å². The minimum absolute atomic E-state index is 0.0457. The summed E-state index contributed by atoms with van der Waals surface area (Å²) in [5.74, 6) is 7.01. The molecule has 0 saturated heterocycles. The first-order chi connectivity index (χ1) is 9.60. The third kappa shape index (κ3) is 5.07. The van der Waals surface area contributed by atoms with E-state index < -0.39 is 0 Å². The van der Waals surface area contributed by atoms with Crippen LogP contribution in [-0.2, 0) is 11.3 Å². The number of guanidine groups is 1. The van der Waals surface area contributed by atoms with Crippen LogP contribution in [0.15, 0.2) is 29.3 Å². The van der Waals surface area contributed by atoms with Gasteiger partial charge < -0.3 is 14.4 Å². The number of hydrogen-bond acceptors (Lipinski definition) is 4. The van der Waals surface area contributed by atoms with Gasteiger partial charge >= 0.3 is 0 Å². The molecule has 0 fully saturated rings. The number of rotatable bonds is 6. The van der Waals surface area contributed by atoms with E-state index in [0.29, 0.717) is 19.1 Å². The Kier molecular flexibility index (Phi) is 6.83. The molecule has 1 aromatic rings. The quantitative estimate of drug-likeness (QED) is 0.352. The zero-order valence-corrected chi connectivity index (χ0v) is 12.6. The molecule has 112 valence electrons.